The van der Waals surface area contributed by atoms with Crippen molar-refractivity contribution in [3.8, 4) is 0 Å². The van der Waals surface area contributed by atoms with Crippen LogP contribution in [0.5, 0.6) is 0 Å². The van der Waals surface area contributed by atoms with Crippen molar-refractivity contribution < 1.29 is 14.3 Å². The van der Waals surface area contributed by atoms with Gasteiger partial charge in [0.2, 0.25) is 0 Å². The van der Waals surface area contributed by atoms with Gasteiger partial charge in [-0.2, -0.15) is 0 Å². The Bertz CT molecular complexity index is 308. The Kier molecular flexibility index (Phi) is 4.90. The number of hydrogen-bond acceptors (Lipinski definition) is 4. The molecule has 1 heterocycles. The van der Waals surface area contributed by atoms with Gasteiger partial charge in [0.05, 0.1) is 25.9 Å². The van der Waals surface area contributed by atoms with Gasteiger partial charge in [0.15, 0.2) is 0 Å². The summed E-state index contributed by atoms with van der Waals surface area (Å²) in [6.45, 7) is 12.3. The number of esters is 1. The molecule has 0 atom stereocenters. The molecular formula is C13H21NO3. The third kappa shape index (κ3) is 2.96. The number of ether oxygens (including phenoxy) is 2. The van der Waals surface area contributed by atoms with Gasteiger partial charge in [0.1, 0.15) is 0 Å². The molecule has 0 spiro atoms. The van der Waals surface area contributed by atoms with Crippen molar-refractivity contribution in [3.63, 3.8) is 0 Å². The van der Waals surface area contributed by atoms with E-state index in [-0.39, 0.29) is 11.5 Å². The van der Waals surface area contributed by atoms with Crippen LogP contribution in [0.1, 0.15) is 13.3 Å². The fourth-order valence-electron chi connectivity index (χ4n) is 2.09. The molecule has 1 saturated heterocycles. The SMILES string of the molecule is C=CCC1(N(CC)CC(=C)C(=O)OC)COC1. The Hall–Kier alpha value is -1.13. The summed E-state index contributed by atoms with van der Waals surface area (Å²) in [4.78, 5) is 13.6. The third-order valence-electron chi connectivity index (χ3n) is 3.17. The molecule has 0 saturated carbocycles. The Morgan fingerprint density at radius 2 is 2.24 bits per heavy atom. The molecule has 1 fully saturated rings. The molecule has 1 rings (SSSR count). The van der Waals surface area contributed by atoms with Crippen LogP contribution in [0.2, 0.25) is 0 Å². The van der Waals surface area contributed by atoms with Gasteiger partial charge in [0, 0.05) is 12.1 Å². The lowest BCUT2D eigenvalue weighted by Crippen LogP contribution is -2.62. The Balaban J connectivity index is 2.67. The van der Waals surface area contributed by atoms with Crippen molar-refractivity contribution in [2.24, 2.45) is 0 Å². The Morgan fingerprint density at radius 3 is 2.59 bits per heavy atom. The summed E-state index contributed by atoms with van der Waals surface area (Å²) in [5.74, 6) is -0.350. The van der Waals surface area contributed by atoms with E-state index in [1.165, 1.54) is 7.11 Å². The van der Waals surface area contributed by atoms with Crippen molar-refractivity contribution >= 4 is 5.97 Å². The van der Waals surface area contributed by atoms with Gasteiger partial charge < -0.3 is 9.47 Å². The van der Waals surface area contributed by atoms with Crippen molar-refractivity contribution in [1.29, 1.82) is 0 Å². The van der Waals surface area contributed by atoms with Crippen molar-refractivity contribution in [1.82, 2.24) is 4.90 Å². The minimum Gasteiger partial charge on any atom is -0.466 e. The molecule has 4 heteroatoms. The number of nitrogens with zero attached hydrogens (tertiary/aromatic N) is 1. The van der Waals surface area contributed by atoms with Crippen LogP contribution in [0, 0.1) is 0 Å². The van der Waals surface area contributed by atoms with Gasteiger partial charge in [-0.25, -0.2) is 4.79 Å². The van der Waals surface area contributed by atoms with Crippen LogP contribution < -0.4 is 0 Å². The Morgan fingerprint density at radius 1 is 1.59 bits per heavy atom. The molecule has 0 aromatic heterocycles. The monoisotopic (exact) mass is 239 g/mol. The van der Waals surface area contributed by atoms with E-state index in [1.54, 1.807) is 0 Å². The molecule has 0 radical (unpaired) electrons. The maximum atomic E-state index is 11.4. The molecule has 96 valence electrons. The summed E-state index contributed by atoms with van der Waals surface area (Å²) < 4.78 is 9.97. The molecule has 17 heavy (non-hydrogen) atoms. The molecule has 1 aliphatic heterocycles. The normalized spacial score (nSPS) is 17.4. The lowest BCUT2D eigenvalue weighted by molar-refractivity contribution is -0.142. The highest BCUT2D eigenvalue weighted by Gasteiger charge is 2.42. The average molecular weight is 239 g/mol. The number of carbonyl (C=O) groups is 1. The van der Waals surface area contributed by atoms with E-state index in [0.29, 0.717) is 25.3 Å². The highest BCUT2D eigenvalue weighted by molar-refractivity contribution is 5.88. The van der Waals surface area contributed by atoms with E-state index in [1.807, 2.05) is 6.08 Å². The van der Waals surface area contributed by atoms with E-state index >= 15 is 0 Å². The number of carbonyl (C=O) groups excluding carboxylic acids is 1. The van der Waals surface area contributed by atoms with E-state index in [2.05, 4.69) is 29.7 Å². The maximum absolute atomic E-state index is 11.4. The van der Waals surface area contributed by atoms with E-state index < -0.39 is 0 Å². The molecule has 0 aliphatic carbocycles. The maximum Gasteiger partial charge on any atom is 0.334 e. The molecule has 4 nitrogen and oxygen atoms in total. The highest BCUT2D eigenvalue weighted by atomic mass is 16.5. The van der Waals surface area contributed by atoms with Gasteiger partial charge in [0.25, 0.3) is 0 Å². The second kappa shape index (κ2) is 5.98. The van der Waals surface area contributed by atoms with Crippen LogP contribution in [-0.2, 0) is 14.3 Å². The first-order valence-electron chi connectivity index (χ1n) is 5.79. The summed E-state index contributed by atoms with van der Waals surface area (Å²) in [5, 5.41) is 0. The molecule has 0 N–H and O–H groups in total. The quantitative estimate of drug-likeness (QED) is 0.382. The van der Waals surface area contributed by atoms with E-state index in [0.717, 1.165) is 13.0 Å². The molecule has 0 amide bonds. The first-order chi connectivity index (χ1) is 8.09. The summed E-state index contributed by atoms with van der Waals surface area (Å²) >= 11 is 0. The fraction of sp³-hybridized carbons (Fsp3) is 0.615. The van der Waals surface area contributed by atoms with Crippen molar-refractivity contribution in [2.45, 2.75) is 18.9 Å². The molecular weight excluding hydrogens is 218 g/mol. The van der Waals surface area contributed by atoms with Crippen molar-refractivity contribution in [3.05, 3.63) is 24.8 Å². The zero-order chi connectivity index (χ0) is 12.9. The van der Waals surface area contributed by atoms with E-state index in [9.17, 15) is 4.79 Å². The standard InChI is InChI=1S/C13H21NO3/c1-5-7-13(9-17-10-13)14(6-2)8-11(3)12(15)16-4/h5H,1,3,6-10H2,2,4H3. The third-order valence-corrected chi connectivity index (χ3v) is 3.17. The largest absolute Gasteiger partial charge is 0.466 e. The zero-order valence-electron chi connectivity index (χ0n) is 10.7. The number of methoxy groups -OCH3 is 1. The topological polar surface area (TPSA) is 38.8 Å². The van der Waals surface area contributed by atoms with Gasteiger partial charge in [-0.3, -0.25) is 4.90 Å². The minimum atomic E-state index is -0.350. The van der Waals surface area contributed by atoms with Crippen LogP contribution in [0.15, 0.2) is 24.8 Å². The lowest BCUT2D eigenvalue weighted by Gasteiger charge is -2.49. The molecule has 0 aromatic rings. The fourth-order valence-corrected chi connectivity index (χ4v) is 2.09. The van der Waals surface area contributed by atoms with Crippen LogP contribution in [0.25, 0.3) is 0 Å². The average Bonchev–Trinajstić information content (AvgIpc) is 2.29. The predicted octanol–water partition coefficient (Wildman–Crippen LogP) is 1.38. The summed E-state index contributed by atoms with van der Waals surface area (Å²) in [6.07, 6.45) is 2.75. The number of likely N-dealkylation sites (N-methyl/N-ethyl adjacent to an activating group) is 1. The predicted molar refractivity (Wildman–Crippen MR) is 66.8 cm³/mol. The van der Waals surface area contributed by atoms with Crippen LogP contribution in [0.4, 0.5) is 0 Å². The van der Waals surface area contributed by atoms with Crippen LogP contribution in [0.3, 0.4) is 0 Å². The zero-order valence-corrected chi connectivity index (χ0v) is 10.7. The second-order valence-electron chi connectivity index (χ2n) is 4.32. The first kappa shape index (κ1) is 13.9. The number of rotatable bonds is 7. The molecule has 1 aliphatic rings. The second-order valence-corrected chi connectivity index (χ2v) is 4.32. The number of hydrogen-bond donors (Lipinski definition) is 0. The summed E-state index contributed by atoms with van der Waals surface area (Å²) in [7, 11) is 1.37. The highest BCUT2D eigenvalue weighted by Crippen LogP contribution is 2.29. The lowest BCUT2D eigenvalue weighted by atomic mass is 9.90. The van der Waals surface area contributed by atoms with Crippen LogP contribution >= 0.6 is 0 Å². The van der Waals surface area contributed by atoms with Gasteiger partial charge in [-0.1, -0.05) is 19.6 Å². The Labute approximate surface area is 103 Å². The molecule has 0 bridgehead atoms. The summed E-state index contributed by atoms with van der Waals surface area (Å²) in [6, 6.07) is 0. The van der Waals surface area contributed by atoms with E-state index in [4.69, 9.17) is 4.74 Å². The van der Waals surface area contributed by atoms with Crippen molar-refractivity contribution in [2.75, 3.05) is 33.4 Å². The summed E-state index contributed by atoms with van der Waals surface area (Å²) in [5.41, 5.74) is 0.456. The van der Waals surface area contributed by atoms with Gasteiger partial charge >= 0.3 is 5.97 Å². The smallest absolute Gasteiger partial charge is 0.334 e. The molecule has 0 unspecified atom stereocenters. The first-order valence-corrected chi connectivity index (χ1v) is 5.79. The minimum absolute atomic E-state index is 0.0204. The molecule has 0 aromatic carbocycles. The van der Waals surface area contributed by atoms with Gasteiger partial charge in [-0.05, 0) is 13.0 Å². The van der Waals surface area contributed by atoms with Gasteiger partial charge in [-0.15, -0.1) is 6.58 Å². The van der Waals surface area contributed by atoms with Crippen LogP contribution in [-0.4, -0.2) is 49.8 Å².